The van der Waals surface area contributed by atoms with Crippen molar-refractivity contribution in [2.75, 3.05) is 28.6 Å². The maximum atomic E-state index is 13.5. The maximum absolute atomic E-state index is 13.5. The molecule has 8 nitrogen and oxygen atoms in total. The van der Waals surface area contributed by atoms with Crippen LogP contribution in [0, 0.1) is 11.6 Å². The number of pyridine rings is 1. The van der Waals surface area contributed by atoms with Gasteiger partial charge in [0.1, 0.15) is 17.5 Å². The van der Waals surface area contributed by atoms with Gasteiger partial charge in [-0.25, -0.2) is 13.8 Å². The Bertz CT molecular complexity index is 1240. The van der Waals surface area contributed by atoms with Crippen LogP contribution in [-0.2, 0) is 11.3 Å². The Kier molecular flexibility index (Phi) is 8.17. The molecule has 3 aromatic rings. The zero-order valence-electron chi connectivity index (χ0n) is 20.6. The Labute approximate surface area is 214 Å². The van der Waals surface area contributed by atoms with Crippen LogP contribution >= 0.6 is 0 Å². The third kappa shape index (κ3) is 6.93. The maximum Gasteiger partial charge on any atom is 0.252 e. The van der Waals surface area contributed by atoms with Crippen LogP contribution in [0.3, 0.4) is 0 Å². The minimum atomic E-state index is -0.680. The van der Waals surface area contributed by atoms with Crippen molar-refractivity contribution in [3.8, 4) is 0 Å². The zero-order chi connectivity index (χ0) is 26.4. The first kappa shape index (κ1) is 25.9. The molecule has 10 heteroatoms. The van der Waals surface area contributed by atoms with E-state index in [1.165, 1.54) is 18.3 Å². The van der Waals surface area contributed by atoms with Gasteiger partial charge in [0.15, 0.2) is 0 Å². The molecule has 0 atom stereocenters. The number of carbonyl (C=O) groups is 2. The highest BCUT2D eigenvalue weighted by molar-refractivity contribution is 5.98. The van der Waals surface area contributed by atoms with Crippen molar-refractivity contribution in [3.05, 3.63) is 77.5 Å². The van der Waals surface area contributed by atoms with Crippen molar-refractivity contribution < 1.29 is 18.4 Å². The molecule has 0 spiro atoms. The summed E-state index contributed by atoms with van der Waals surface area (Å²) in [6.45, 7) is 3.67. The standard InChI is InChI=1S/C27H30F2N6O2/c1-2-26(36)34-21-7-9-35(10-8-21)22-5-3-20(4-6-22)33-25-14-24(23(16-32-25)27(30)37)31-15-17-11-18(28)13-19(29)12-17/h3-6,11-14,16,21H,2,7-10,15H2,1H3,(H2,30,37)(H,34,36)(H2,31,32,33). The topological polar surface area (TPSA) is 112 Å². The summed E-state index contributed by atoms with van der Waals surface area (Å²) >= 11 is 0. The molecule has 194 valence electrons. The van der Waals surface area contributed by atoms with E-state index in [9.17, 15) is 18.4 Å². The highest BCUT2D eigenvalue weighted by Crippen LogP contribution is 2.26. The SMILES string of the molecule is CCC(=O)NC1CCN(c2ccc(Nc3cc(NCc4cc(F)cc(F)c4)c(C(N)=O)cn3)cc2)CC1. The number of rotatable bonds is 9. The normalized spacial score (nSPS) is 13.8. The Balaban J connectivity index is 1.40. The van der Waals surface area contributed by atoms with Crippen LogP contribution < -0.4 is 26.6 Å². The van der Waals surface area contributed by atoms with Gasteiger partial charge in [-0.15, -0.1) is 0 Å². The zero-order valence-corrected chi connectivity index (χ0v) is 20.6. The van der Waals surface area contributed by atoms with E-state index in [0.717, 1.165) is 43.4 Å². The number of anilines is 4. The Morgan fingerprint density at radius 1 is 1.05 bits per heavy atom. The molecule has 0 aliphatic carbocycles. The van der Waals surface area contributed by atoms with Gasteiger partial charge in [0.25, 0.3) is 5.91 Å². The summed E-state index contributed by atoms with van der Waals surface area (Å²) < 4.78 is 27.0. The average molecular weight is 509 g/mol. The molecule has 2 aromatic carbocycles. The number of nitrogens with one attached hydrogen (secondary N) is 3. The summed E-state index contributed by atoms with van der Waals surface area (Å²) in [6.07, 6.45) is 3.66. The number of hydrogen-bond acceptors (Lipinski definition) is 6. The molecule has 37 heavy (non-hydrogen) atoms. The van der Waals surface area contributed by atoms with E-state index < -0.39 is 17.5 Å². The average Bonchev–Trinajstić information content (AvgIpc) is 2.88. The fraction of sp³-hybridized carbons (Fsp3) is 0.296. The van der Waals surface area contributed by atoms with Gasteiger partial charge in [-0.2, -0.15) is 0 Å². The van der Waals surface area contributed by atoms with Crippen molar-refractivity contribution >= 4 is 34.7 Å². The van der Waals surface area contributed by atoms with E-state index in [1.807, 2.05) is 31.2 Å². The molecular weight excluding hydrogens is 478 g/mol. The summed E-state index contributed by atoms with van der Waals surface area (Å²) in [7, 11) is 0. The monoisotopic (exact) mass is 508 g/mol. The number of nitrogens with zero attached hydrogens (tertiary/aromatic N) is 2. The molecule has 1 aliphatic heterocycles. The summed E-state index contributed by atoms with van der Waals surface area (Å²) in [6, 6.07) is 13.0. The Morgan fingerprint density at radius 2 is 1.73 bits per heavy atom. The third-order valence-corrected chi connectivity index (χ3v) is 6.26. The first-order valence-corrected chi connectivity index (χ1v) is 12.2. The van der Waals surface area contributed by atoms with Crippen LogP contribution in [0.4, 0.5) is 31.7 Å². The second-order valence-electron chi connectivity index (χ2n) is 8.96. The first-order valence-electron chi connectivity index (χ1n) is 12.2. The number of primary amides is 1. The molecule has 2 amide bonds. The van der Waals surface area contributed by atoms with Crippen molar-refractivity contribution in [2.45, 2.75) is 38.8 Å². The van der Waals surface area contributed by atoms with Crippen LogP contribution in [0.2, 0.25) is 0 Å². The van der Waals surface area contributed by atoms with E-state index >= 15 is 0 Å². The van der Waals surface area contributed by atoms with E-state index in [4.69, 9.17) is 5.73 Å². The lowest BCUT2D eigenvalue weighted by atomic mass is 10.0. The largest absolute Gasteiger partial charge is 0.380 e. The number of piperidine rings is 1. The molecule has 1 saturated heterocycles. The molecule has 1 fully saturated rings. The number of benzene rings is 2. The fourth-order valence-corrected chi connectivity index (χ4v) is 4.29. The molecule has 0 bridgehead atoms. The van der Waals surface area contributed by atoms with E-state index in [2.05, 4.69) is 25.8 Å². The van der Waals surface area contributed by atoms with Gasteiger partial charge in [0.2, 0.25) is 5.91 Å². The molecule has 0 unspecified atom stereocenters. The van der Waals surface area contributed by atoms with Gasteiger partial charge in [0.05, 0.1) is 11.3 Å². The smallest absolute Gasteiger partial charge is 0.252 e. The number of aromatic nitrogens is 1. The Hall–Kier alpha value is -4.21. The lowest BCUT2D eigenvalue weighted by Gasteiger charge is -2.34. The van der Waals surface area contributed by atoms with Crippen LogP contribution in [0.5, 0.6) is 0 Å². The van der Waals surface area contributed by atoms with Crippen molar-refractivity contribution in [1.82, 2.24) is 10.3 Å². The highest BCUT2D eigenvalue weighted by Gasteiger charge is 2.20. The minimum absolute atomic E-state index is 0.0892. The molecule has 1 aliphatic rings. The van der Waals surface area contributed by atoms with Gasteiger partial charge >= 0.3 is 0 Å². The van der Waals surface area contributed by atoms with Gasteiger partial charge in [0, 0.05) is 61.8 Å². The number of amides is 2. The first-order chi connectivity index (χ1) is 17.8. The predicted molar refractivity (Wildman–Crippen MR) is 140 cm³/mol. The van der Waals surface area contributed by atoms with Gasteiger partial charge < -0.3 is 26.6 Å². The fourth-order valence-electron chi connectivity index (χ4n) is 4.29. The lowest BCUT2D eigenvalue weighted by molar-refractivity contribution is -0.121. The second kappa shape index (κ2) is 11.7. The summed E-state index contributed by atoms with van der Waals surface area (Å²) in [5.41, 5.74) is 8.30. The number of carbonyl (C=O) groups excluding carboxylic acids is 2. The van der Waals surface area contributed by atoms with Crippen LogP contribution in [0.1, 0.15) is 42.1 Å². The van der Waals surface area contributed by atoms with Crippen LogP contribution in [0.25, 0.3) is 0 Å². The van der Waals surface area contributed by atoms with Crippen molar-refractivity contribution in [3.63, 3.8) is 0 Å². The molecule has 0 saturated carbocycles. The number of halogens is 2. The molecule has 0 radical (unpaired) electrons. The summed E-state index contributed by atoms with van der Waals surface area (Å²) in [4.78, 5) is 30.1. The van der Waals surface area contributed by atoms with Crippen molar-refractivity contribution in [2.24, 2.45) is 5.73 Å². The quantitative estimate of drug-likeness (QED) is 0.343. The number of hydrogen-bond donors (Lipinski definition) is 4. The molecule has 4 rings (SSSR count). The van der Waals surface area contributed by atoms with Gasteiger partial charge in [-0.3, -0.25) is 9.59 Å². The number of nitrogens with two attached hydrogens (primary N) is 1. The lowest BCUT2D eigenvalue weighted by Crippen LogP contribution is -2.44. The predicted octanol–water partition coefficient (Wildman–Crippen LogP) is 4.31. The molecular formula is C27H30F2N6O2. The van der Waals surface area contributed by atoms with E-state index in [0.29, 0.717) is 23.5 Å². The summed E-state index contributed by atoms with van der Waals surface area (Å²) in [5.74, 6) is -1.47. The van der Waals surface area contributed by atoms with Crippen LogP contribution in [-0.4, -0.2) is 35.9 Å². The molecule has 1 aromatic heterocycles. The molecule has 2 heterocycles. The molecule has 5 N–H and O–H groups in total. The second-order valence-corrected chi connectivity index (χ2v) is 8.96. The van der Waals surface area contributed by atoms with Gasteiger partial charge in [-0.05, 0) is 54.8 Å². The van der Waals surface area contributed by atoms with E-state index in [1.54, 1.807) is 6.07 Å². The summed E-state index contributed by atoms with van der Waals surface area (Å²) in [5, 5.41) is 9.28. The van der Waals surface area contributed by atoms with Crippen LogP contribution in [0.15, 0.2) is 54.7 Å². The Morgan fingerprint density at radius 3 is 2.35 bits per heavy atom. The third-order valence-electron chi connectivity index (χ3n) is 6.26. The van der Waals surface area contributed by atoms with Crippen molar-refractivity contribution in [1.29, 1.82) is 0 Å². The highest BCUT2D eigenvalue weighted by atomic mass is 19.1. The van der Waals surface area contributed by atoms with E-state index in [-0.39, 0.29) is 24.1 Å². The minimum Gasteiger partial charge on any atom is -0.380 e. The van der Waals surface area contributed by atoms with Gasteiger partial charge in [-0.1, -0.05) is 6.92 Å².